The van der Waals surface area contributed by atoms with Crippen LogP contribution in [-0.4, -0.2) is 39.0 Å². The molecule has 0 rings (SSSR count). The summed E-state index contributed by atoms with van der Waals surface area (Å²) in [5.41, 5.74) is 0. The molecule has 0 fully saturated rings. The van der Waals surface area contributed by atoms with Gasteiger partial charge in [0.15, 0.2) is 0 Å². The molecule has 4 heteroatoms. The molecule has 0 aromatic rings. The summed E-state index contributed by atoms with van der Waals surface area (Å²) in [6, 6.07) is 0. The van der Waals surface area contributed by atoms with Crippen molar-refractivity contribution in [3.8, 4) is 0 Å². The van der Waals surface area contributed by atoms with E-state index >= 15 is 0 Å². The summed E-state index contributed by atoms with van der Waals surface area (Å²) >= 11 is 0. The van der Waals surface area contributed by atoms with Gasteiger partial charge in [0, 0.05) is 6.61 Å². The quantitative estimate of drug-likeness (QED) is 0.404. The summed E-state index contributed by atoms with van der Waals surface area (Å²) in [4.78, 5) is 11.1. The van der Waals surface area contributed by atoms with Crippen LogP contribution in [0.2, 0.25) is 0 Å². The van der Waals surface area contributed by atoms with Crippen LogP contribution in [0.5, 0.6) is 0 Å². The van der Waals surface area contributed by atoms with Crippen molar-refractivity contribution in [1.29, 1.82) is 0 Å². The van der Waals surface area contributed by atoms with E-state index in [4.69, 9.17) is 14.2 Å². The van der Waals surface area contributed by atoms with E-state index in [0.717, 1.165) is 32.3 Å². The predicted octanol–water partition coefficient (Wildman–Crippen LogP) is 2.16. The summed E-state index contributed by atoms with van der Waals surface area (Å²) in [7, 11) is 0. The van der Waals surface area contributed by atoms with Crippen molar-refractivity contribution in [2.24, 2.45) is 0 Å². The first kappa shape index (κ1) is 15.4. The van der Waals surface area contributed by atoms with Crippen LogP contribution in [0.1, 0.15) is 39.5 Å². The molecule has 0 aromatic carbocycles. The molecule has 0 heterocycles. The molecular weight excluding hydrogens is 208 g/mol. The molecule has 0 amide bonds. The molecule has 0 spiro atoms. The lowest BCUT2D eigenvalue weighted by Gasteiger charge is -2.05. The lowest BCUT2D eigenvalue weighted by Crippen LogP contribution is -2.15. The molecule has 0 aliphatic heterocycles. The molecule has 0 N–H and O–H groups in total. The maximum absolute atomic E-state index is 11.1. The van der Waals surface area contributed by atoms with E-state index in [1.807, 2.05) is 0 Å². The van der Waals surface area contributed by atoms with Crippen molar-refractivity contribution >= 4 is 5.97 Å². The zero-order valence-electron chi connectivity index (χ0n) is 10.5. The van der Waals surface area contributed by atoms with Crippen LogP contribution < -0.4 is 0 Å². The minimum Gasteiger partial charge on any atom is -0.464 e. The zero-order valence-corrected chi connectivity index (χ0v) is 10.5. The summed E-state index contributed by atoms with van der Waals surface area (Å²) in [6.07, 6.45) is 4.13. The number of hydrogen-bond donors (Lipinski definition) is 0. The van der Waals surface area contributed by atoms with Gasteiger partial charge in [0.25, 0.3) is 0 Å². The van der Waals surface area contributed by atoms with Crippen LogP contribution >= 0.6 is 0 Å². The highest BCUT2D eigenvalue weighted by atomic mass is 16.6. The number of ether oxygens (including phenoxy) is 3. The van der Waals surface area contributed by atoms with Crippen LogP contribution in [0.15, 0.2) is 0 Å². The lowest BCUT2D eigenvalue weighted by atomic mass is 10.4. The van der Waals surface area contributed by atoms with E-state index < -0.39 is 0 Å². The first-order chi connectivity index (χ1) is 7.81. The smallest absolute Gasteiger partial charge is 0.332 e. The Balaban J connectivity index is 3.09. The Morgan fingerprint density at radius 2 is 1.50 bits per heavy atom. The summed E-state index contributed by atoms with van der Waals surface area (Å²) in [5, 5.41) is 0. The highest BCUT2D eigenvalue weighted by Gasteiger charge is 2.01. The molecule has 0 aliphatic rings. The number of esters is 1. The Morgan fingerprint density at radius 1 is 0.875 bits per heavy atom. The van der Waals surface area contributed by atoms with E-state index in [1.54, 1.807) is 0 Å². The third kappa shape index (κ3) is 11.5. The molecule has 0 aromatic heterocycles. The number of hydrogen-bond acceptors (Lipinski definition) is 4. The van der Waals surface area contributed by atoms with Crippen LogP contribution in [0.3, 0.4) is 0 Å². The second kappa shape index (κ2) is 12.5. The van der Waals surface area contributed by atoms with Crippen molar-refractivity contribution in [2.45, 2.75) is 39.5 Å². The van der Waals surface area contributed by atoms with E-state index in [1.165, 1.54) is 0 Å². The van der Waals surface area contributed by atoms with E-state index in [9.17, 15) is 4.79 Å². The van der Waals surface area contributed by atoms with Gasteiger partial charge >= 0.3 is 5.97 Å². The molecule has 0 radical (unpaired) electrons. The molecule has 96 valence electrons. The largest absolute Gasteiger partial charge is 0.464 e. The van der Waals surface area contributed by atoms with Gasteiger partial charge in [-0.3, -0.25) is 0 Å². The second-order valence-corrected chi connectivity index (χ2v) is 3.59. The topological polar surface area (TPSA) is 44.8 Å². The average Bonchev–Trinajstić information content (AvgIpc) is 2.28. The Hall–Kier alpha value is -0.610. The molecule has 16 heavy (non-hydrogen) atoms. The second-order valence-electron chi connectivity index (χ2n) is 3.59. The average molecular weight is 232 g/mol. The fraction of sp³-hybridized carbons (Fsp3) is 0.917. The molecule has 4 nitrogen and oxygen atoms in total. The fourth-order valence-electron chi connectivity index (χ4n) is 0.994. The van der Waals surface area contributed by atoms with Crippen molar-refractivity contribution in [3.05, 3.63) is 0 Å². The van der Waals surface area contributed by atoms with Gasteiger partial charge in [-0.1, -0.05) is 26.7 Å². The van der Waals surface area contributed by atoms with E-state index in [2.05, 4.69) is 13.8 Å². The Labute approximate surface area is 98.3 Å². The Bertz CT molecular complexity index is 159. The molecule has 0 saturated heterocycles. The van der Waals surface area contributed by atoms with E-state index in [0.29, 0.717) is 19.8 Å². The van der Waals surface area contributed by atoms with Crippen molar-refractivity contribution in [2.75, 3.05) is 33.0 Å². The normalized spacial score (nSPS) is 10.4. The lowest BCUT2D eigenvalue weighted by molar-refractivity contribution is -0.149. The number of carbonyl (C=O) groups excluding carboxylic acids is 1. The molecular formula is C12H24O4. The van der Waals surface area contributed by atoms with Crippen molar-refractivity contribution < 1.29 is 19.0 Å². The van der Waals surface area contributed by atoms with Crippen LogP contribution in [0, 0.1) is 0 Å². The molecule has 0 saturated carbocycles. The van der Waals surface area contributed by atoms with Crippen molar-refractivity contribution in [3.63, 3.8) is 0 Å². The van der Waals surface area contributed by atoms with E-state index in [-0.39, 0.29) is 12.6 Å². The van der Waals surface area contributed by atoms with Crippen LogP contribution in [0.4, 0.5) is 0 Å². The predicted molar refractivity (Wildman–Crippen MR) is 62.4 cm³/mol. The molecule has 0 aliphatic carbocycles. The highest BCUT2D eigenvalue weighted by Crippen LogP contribution is 1.90. The Morgan fingerprint density at radius 3 is 2.19 bits per heavy atom. The van der Waals surface area contributed by atoms with Crippen LogP contribution in [-0.2, 0) is 19.0 Å². The maximum atomic E-state index is 11.1. The number of unbranched alkanes of at least 4 members (excludes halogenated alkanes) is 2. The molecule has 0 atom stereocenters. The summed E-state index contributed by atoms with van der Waals surface area (Å²) in [6.45, 7) is 6.45. The van der Waals surface area contributed by atoms with Gasteiger partial charge < -0.3 is 14.2 Å². The fourth-order valence-corrected chi connectivity index (χ4v) is 0.994. The summed E-state index contributed by atoms with van der Waals surface area (Å²) in [5.74, 6) is -0.290. The minimum absolute atomic E-state index is 0.0286. The van der Waals surface area contributed by atoms with Crippen LogP contribution in [0.25, 0.3) is 0 Å². The number of carbonyl (C=O) groups is 1. The molecule has 0 unspecified atom stereocenters. The van der Waals surface area contributed by atoms with Gasteiger partial charge in [-0.2, -0.15) is 0 Å². The maximum Gasteiger partial charge on any atom is 0.332 e. The van der Waals surface area contributed by atoms with Gasteiger partial charge in [0.2, 0.25) is 0 Å². The zero-order chi connectivity index (χ0) is 12.1. The van der Waals surface area contributed by atoms with Gasteiger partial charge in [0.1, 0.15) is 6.61 Å². The Kier molecular flexibility index (Phi) is 12.0. The highest BCUT2D eigenvalue weighted by molar-refractivity contribution is 5.70. The number of rotatable bonds is 11. The first-order valence-corrected chi connectivity index (χ1v) is 6.12. The molecule has 0 bridgehead atoms. The third-order valence-corrected chi connectivity index (χ3v) is 2.00. The minimum atomic E-state index is -0.290. The standard InChI is InChI=1S/C12H24O4/c1-3-5-7-14-9-10-15-11-12(13)16-8-6-4-2/h3-11H2,1-2H3. The summed E-state index contributed by atoms with van der Waals surface area (Å²) < 4.78 is 15.3. The monoisotopic (exact) mass is 232 g/mol. The first-order valence-electron chi connectivity index (χ1n) is 6.12. The SMILES string of the molecule is CCCCOCCOCC(=O)OCCCC. The van der Waals surface area contributed by atoms with Gasteiger partial charge in [-0.15, -0.1) is 0 Å². The van der Waals surface area contributed by atoms with Gasteiger partial charge in [0.05, 0.1) is 19.8 Å². The third-order valence-electron chi connectivity index (χ3n) is 2.00. The van der Waals surface area contributed by atoms with Gasteiger partial charge in [-0.25, -0.2) is 4.79 Å². The van der Waals surface area contributed by atoms with Crippen molar-refractivity contribution in [1.82, 2.24) is 0 Å². The van der Waals surface area contributed by atoms with Gasteiger partial charge in [-0.05, 0) is 12.8 Å².